The molecule has 1 nitrogen and oxygen atoms in total. The highest BCUT2D eigenvalue weighted by Gasteiger charge is 2.22. The number of rotatable bonds is 5. The van der Waals surface area contributed by atoms with Crippen molar-refractivity contribution in [1.29, 1.82) is 5.26 Å². The number of hydrogen-bond acceptors (Lipinski definition) is 1. The van der Waals surface area contributed by atoms with Crippen LogP contribution in [0.4, 0.5) is 8.78 Å². The monoisotopic (exact) mass is 353 g/mol. The largest absolute Gasteiger partial charge is 0.203 e. The normalized spacial score (nSPS) is 19.9. The first-order valence-corrected chi connectivity index (χ1v) is 9.62. The Bertz CT molecular complexity index is 781. The van der Waals surface area contributed by atoms with E-state index < -0.39 is 11.6 Å². The fourth-order valence-electron chi connectivity index (χ4n) is 4.07. The van der Waals surface area contributed by atoms with Crippen LogP contribution in [0.1, 0.15) is 68.9 Å². The van der Waals surface area contributed by atoms with Crippen molar-refractivity contribution in [2.24, 2.45) is 5.92 Å². The highest BCUT2D eigenvalue weighted by atomic mass is 19.2. The fourth-order valence-corrected chi connectivity index (χ4v) is 4.07. The van der Waals surface area contributed by atoms with E-state index in [1.807, 2.05) is 24.3 Å². The van der Waals surface area contributed by atoms with Gasteiger partial charge in [-0.05, 0) is 60.8 Å². The van der Waals surface area contributed by atoms with E-state index in [0.29, 0.717) is 11.5 Å². The maximum Gasteiger partial charge on any atom is 0.177 e. The topological polar surface area (TPSA) is 23.8 Å². The molecule has 1 aliphatic carbocycles. The van der Waals surface area contributed by atoms with Gasteiger partial charge in [0.2, 0.25) is 0 Å². The zero-order chi connectivity index (χ0) is 18.5. The van der Waals surface area contributed by atoms with E-state index in [0.717, 1.165) is 5.92 Å². The minimum Gasteiger partial charge on any atom is -0.203 e. The third-order valence-corrected chi connectivity index (χ3v) is 5.71. The predicted molar refractivity (Wildman–Crippen MR) is 101 cm³/mol. The smallest absolute Gasteiger partial charge is 0.177 e. The Morgan fingerprint density at radius 2 is 1.65 bits per heavy atom. The number of nitriles is 1. The van der Waals surface area contributed by atoms with Gasteiger partial charge in [0.15, 0.2) is 11.6 Å². The Labute approximate surface area is 154 Å². The van der Waals surface area contributed by atoms with Crippen molar-refractivity contribution in [3.8, 4) is 17.2 Å². The second-order valence-corrected chi connectivity index (χ2v) is 7.38. The van der Waals surface area contributed by atoms with Crippen molar-refractivity contribution < 1.29 is 8.78 Å². The van der Waals surface area contributed by atoms with E-state index in [2.05, 4.69) is 6.92 Å². The third kappa shape index (κ3) is 3.96. The standard InChI is InChI=1S/C23H25F2N/c1-2-3-4-16-5-7-17(8-6-16)18-9-11-19(12-10-18)21-14-13-20(15-26)22(24)23(21)25/h9-14,16-17H,2-8H2,1H3. The first kappa shape index (κ1) is 18.6. The third-order valence-electron chi connectivity index (χ3n) is 5.71. The molecule has 0 aliphatic heterocycles. The Kier molecular flexibility index (Phi) is 6.04. The van der Waals surface area contributed by atoms with Gasteiger partial charge in [-0.15, -0.1) is 0 Å². The molecule has 0 saturated heterocycles. The van der Waals surface area contributed by atoms with E-state index in [1.165, 1.54) is 62.6 Å². The molecular weight excluding hydrogens is 328 g/mol. The molecule has 0 spiro atoms. The molecule has 1 saturated carbocycles. The van der Waals surface area contributed by atoms with Crippen molar-refractivity contribution >= 4 is 0 Å². The van der Waals surface area contributed by atoms with Crippen LogP contribution in [0.25, 0.3) is 11.1 Å². The second kappa shape index (κ2) is 8.45. The van der Waals surface area contributed by atoms with Crippen LogP contribution in [0.15, 0.2) is 36.4 Å². The molecule has 0 heterocycles. The highest BCUT2D eigenvalue weighted by Crippen LogP contribution is 2.38. The molecular formula is C23H25F2N. The zero-order valence-corrected chi connectivity index (χ0v) is 15.3. The number of halogens is 2. The molecule has 1 fully saturated rings. The minimum absolute atomic E-state index is 0.205. The molecule has 2 aromatic carbocycles. The van der Waals surface area contributed by atoms with Crippen molar-refractivity contribution in [3.63, 3.8) is 0 Å². The summed E-state index contributed by atoms with van der Waals surface area (Å²) in [7, 11) is 0. The summed E-state index contributed by atoms with van der Waals surface area (Å²) in [5, 5.41) is 8.79. The summed E-state index contributed by atoms with van der Waals surface area (Å²) >= 11 is 0. The summed E-state index contributed by atoms with van der Waals surface area (Å²) in [6.45, 7) is 2.25. The summed E-state index contributed by atoms with van der Waals surface area (Å²) < 4.78 is 28.1. The van der Waals surface area contributed by atoms with Gasteiger partial charge in [-0.2, -0.15) is 5.26 Å². The lowest BCUT2D eigenvalue weighted by Gasteiger charge is -2.29. The molecule has 3 rings (SSSR count). The number of unbranched alkanes of at least 4 members (excludes halogenated alkanes) is 1. The molecule has 1 aliphatic rings. The summed E-state index contributed by atoms with van der Waals surface area (Å²) in [5.74, 6) is -0.571. The molecule has 2 aromatic rings. The number of benzene rings is 2. The predicted octanol–water partition coefficient (Wildman–Crippen LogP) is 6.97. The van der Waals surface area contributed by atoms with Gasteiger partial charge >= 0.3 is 0 Å². The Morgan fingerprint density at radius 3 is 2.27 bits per heavy atom. The van der Waals surface area contributed by atoms with E-state index in [1.54, 1.807) is 6.07 Å². The summed E-state index contributed by atoms with van der Waals surface area (Å²) in [6, 6.07) is 12.3. The van der Waals surface area contributed by atoms with Gasteiger partial charge in [-0.1, -0.05) is 50.5 Å². The van der Waals surface area contributed by atoms with Gasteiger partial charge in [-0.3, -0.25) is 0 Å². The van der Waals surface area contributed by atoms with Crippen LogP contribution in [0.3, 0.4) is 0 Å². The lowest BCUT2D eigenvalue weighted by atomic mass is 9.77. The second-order valence-electron chi connectivity index (χ2n) is 7.38. The molecule has 0 amide bonds. The van der Waals surface area contributed by atoms with Crippen molar-refractivity contribution in [2.45, 2.75) is 57.8 Å². The van der Waals surface area contributed by atoms with Gasteiger partial charge in [0.25, 0.3) is 0 Å². The van der Waals surface area contributed by atoms with Crippen molar-refractivity contribution in [1.82, 2.24) is 0 Å². The average molecular weight is 353 g/mol. The lowest BCUT2D eigenvalue weighted by molar-refractivity contribution is 0.304. The van der Waals surface area contributed by atoms with Crippen molar-refractivity contribution in [3.05, 3.63) is 59.2 Å². The first-order valence-electron chi connectivity index (χ1n) is 9.62. The molecule has 136 valence electrons. The van der Waals surface area contributed by atoms with Crippen LogP contribution >= 0.6 is 0 Å². The molecule has 0 aromatic heterocycles. The Balaban J connectivity index is 1.70. The Hall–Kier alpha value is -2.21. The van der Waals surface area contributed by atoms with Crippen LogP contribution in [0, 0.1) is 28.9 Å². The SMILES string of the molecule is CCCCC1CCC(c2ccc(-c3ccc(C#N)c(F)c3F)cc2)CC1. The zero-order valence-electron chi connectivity index (χ0n) is 15.3. The van der Waals surface area contributed by atoms with Crippen LogP contribution in [0.5, 0.6) is 0 Å². The van der Waals surface area contributed by atoms with Gasteiger partial charge < -0.3 is 0 Å². The maximum absolute atomic E-state index is 14.2. The molecule has 0 radical (unpaired) electrons. The molecule has 3 heteroatoms. The molecule has 0 N–H and O–H groups in total. The highest BCUT2D eigenvalue weighted by molar-refractivity contribution is 5.65. The van der Waals surface area contributed by atoms with E-state index in [4.69, 9.17) is 5.26 Å². The number of hydrogen-bond donors (Lipinski definition) is 0. The van der Waals surface area contributed by atoms with Crippen LogP contribution < -0.4 is 0 Å². The molecule has 0 bridgehead atoms. The fraction of sp³-hybridized carbons (Fsp3) is 0.435. The first-order chi connectivity index (χ1) is 12.6. The maximum atomic E-state index is 14.2. The molecule has 0 unspecified atom stereocenters. The van der Waals surface area contributed by atoms with Crippen molar-refractivity contribution in [2.75, 3.05) is 0 Å². The molecule has 26 heavy (non-hydrogen) atoms. The summed E-state index contributed by atoms with van der Waals surface area (Å²) in [6.07, 6.45) is 8.97. The number of nitrogens with zero attached hydrogens (tertiary/aromatic N) is 1. The van der Waals surface area contributed by atoms with E-state index >= 15 is 0 Å². The van der Waals surface area contributed by atoms with Gasteiger partial charge in [0, 0.05) is 5.56 Å². The van der Waals surface area contributed by atoms with Gasteiger partial charge in [0.1, 0.15) is 6.07 Å². The molecule has 0 atom stereocenters. The Morgan fingerprint density at radius 1 is 0.962 bits per heavy atom. The van der Waals surface area contributed by atoms with Crippen LogP contribution in [-0.4, -0.2) is 0 Å². The average Bonchev–Trinajstić information content (AvgIpc) is 2.69. The summed E-state index contributed by atoms with van der Waals surface area (Å²) in [5.41, 5.74) is 1.88. The van der Waals surface area contributed by atoms with Gasteiger partial charge in [-0.25, -0.2) is 8.78 Å². The van der Waals surface area contributed by atoms with E-state index in [9.17, 15) is 8.78 Å². The van der Waals surface area contributed by atoms with Crippen LogP contribution in [0.2, 0.25) is 0 Å². The van der Waals surface area contributed by atoms with E-state index in [-0.39, 0.29) is 11.1 Å². The lowest BCUT2D eigenvalue weighted by Crippen LogP contribution is -2.13. The van der Waals surface area contributed by atoms with Gasteiger partial charge in [0.05, 0.1) is 5.56 Å². The quantitative estimate of drug-likeness (QED) is 0.569. The summed E-state index contributed by atoms with van der Waals surface area (Å²) in [4.78, 5) is 0. The van der Waals surface area contributed by atoms with Crippen LogP contribution in [-0.2, 0) is 0 Å². The minimum atomic E-state index is -1.07.